The standard InChI is InChI=1S/C16H12Cl2N4O2/c17-11-4-5-14(12(18)9-11)24-10-15(23)21-13-3-1-6-19-16(13)22-8-2-7-20-22/h1-9H,10H2,(H,21,23). The van der Waals surface area contributed by atoms with E-state index in [0.29, 0.717) is 27.3 Å². The SMILES string of the molecule is O=C(COc1ccc(Cl)cc1Cl)Nc1cccnc1-n1cccn1. The molecule has 0 spiro atoms. The number of benzene rings is 1. The van der Waals surface area contributed by atoms with Crippen LogP contribution >= 0.6 is 23.2 Å². The van der Waals surface area contributed by atoms with Gasteiger partial charge in [-0.25, -0.2) is 9.67 Å². The number of nitrogens with one attached hydrogen (secondary N) is 1. The number of carbonyl (C=O) groups is 1. The van der Waals surface area contributed by atoms with Crippen molar-refractivity contribution >= 4 is 34.8 Å². The van der Waals surface area contributed by atoms with Crippen molar-refractivity contribution in [2.24, 2.45) is 0 Å². The van der Waals surface area contributed by atoms with Gasteiger partial charge in [-0.05, 0) is 36.4 Å². The number of hydrogen-bond donors (Lipinski definition) is 1. The van der Waals surface area contributed by atoms with E-state index in [4.69, 9.17) is 27.9 Å². The van der Waals surface area contributed by atoms with Gasteiger partial charge in [0.25, 0.3) is 5.91 Å². The van der Waals surface area contributed by atoms with Crippen molar-refractivity contribution in [3.05, 3.63) is 65.0 Å². The molecule has 0 bridgehead atoms. The number of aromatic nitrogens is 3. The molecule has 6 nitrogen and oxygen atoms in total. The highest BCUT2D eigenvalue weighted by Gasteiger charge is 2.11. The van der Waals surface area contributed by atoms with Gasteiger partial charge in [-0.3, -0.25) is 4.79 Å². The minimum Gasteiger partial charge on any atom is -0.482 e. The first-order valence-corrected chi connectivity index (χ1v) is 7.72. The third kappa shape index (κ3) is 3.84. The van der Waals surface area contributed by atoms with Gasteiger partial charge in [-0.1, -0.05) is 23.2 Å². The summed E-state index contributed by atoms with van der Waals surface area (Å²) >= 11 is 11.8. The molecule has 0 radical (unpaired) electrons. The molecule has 8 heteroatoms. The predicted octanol–water partition coefficient (Wildman–Crippen LogP) is 3.59. The summed E-state index contributed by atoms with van der Waals surface area (Å²) in [5, 5.41) is 7.69. The fourth-order valence-electron chi connectivity index (χ4n) is 1.99. The normalized spacial score (nSPS) is 10.4. The summed E-state index contributed by atoms with van der Waals surface area (Å²) in [6, 6.07) is 10.0. The Morgan fingerprint density at radius 1 is 1.21 bits per heavy atom. The molecular weight excluding hydrogens is 351 g/mol. The summed E-state index contributed by atoms with van der Waals surface area (Å²) in [5.41, 5.74) is 0.525. The highest BCUT2D eigenvalue weighted by molar-refractivity contribution is 6.35. The molecule has 0 fully saturated rings. The van der Waals surface area contributed by atoms with Gasteiger partial charge < -0.3 is 10.1 Å². The lowest BCUT2D eigenvalue weighted by Crippen LogP contribution is -2.21. The molecule has 0 aliphatic rings. The van der Waals surface area contributed by atoms with Crippen LogP contribution in [0.15, 0.2) is 55.0 Å². The number of ether oxygens (including phenoxy) is 1. The van der Waals surface area contributed by atoms with E-state index in [2.05, 4.69) is 15.4 Å². The zero-order valence-corrected chi connectivity index (χ0v) is 13.8. The van der Waals surface area contributed by atoms with Gasteiger partial charge >= 0.3 is 0 Å². The largest absolute Gasteiger partial charge is 0.482 e. The van der Waals surface area contributed by atoms with Crippen molar-refractivity contribution in [1.29, 1.82) is 0 Å². The van der Waals surface area contributed by atoms with Crippen LogP contribution in [0.5, 0.6) is 5.75 Å². The van der Waals surface area contributed by atoms with E-state index in [1.165, 1.54) is 0 Å². The predicted molar refractivity (Wildman–Crippen MR) is 91.9 cm³/mol. The van der Waals surface area contributed by atoms with E-state index in [0.717, 1.165) is 0 Å². The highest BCUT2D eigenvalue weighted by atomic mass is 35.5. The van der Waals surface area contributed by atoms with Crippen LogP contribution in [0, 0.1) is 0 Å². The van der Waals surface area contributed by atoms with Gasteiger partial charge in [0.2, 0.25) is 0 Å². The average Bonchev–Trinajstić information content (AvgIpc) is 3.09. The second kappa shape index (κ2) is 7.33. The molecule has 0 atom stereocenters. The topological polar surface area (TPSA) is 69.0 Å². The van der Waals surface area contributed by atoms with Crippen molar-refractivity contribution < 1.29 is 9.53 Å². The van der Waals surface area contributed by atoms with Gasteiger partial charge in [-0.2, -0.15) is 5.10 Å². The van der Waals surface area contributed by atoms with Crippen molar-refractivity contribution in [2.75, 3.05) is 11.9 Å². The first-order valence-electron chi connectivity index (χ1n) is 6.96. The highest BCUT2D eigenvalue weighted by Crippen LogP contribution is 2.27. The van der Waals surface area contributed by atoms with Crippen molar-refractivity contribution in [3.8, 4) is 11.6 Å². The number of pyridine rings is 1. The minimum absolute atomic E-state index is 0.200. The number of anilines is 1. The maximum Gasteiger partial charge on any atom is 0.262 e. The number of carbonyl (C=O) groups excluding carboxylic acids is 1. The van der Waals surface area contributed by atoms with Crippen LogP contribution in [0.4, 0.5) is 5.69 Å². The van der Waals surface area contributed by atoms with Gasteiger partial charge in [0.05, 0.1) is 10.7 Å². The fourth-order valence-corrected chi connectivity index (χ4v) is 2.46. The van der Waals surface area contributed by atoms with Crippen LogP contribution in [0.25, 0.3) is 5.82 Å². The summed E-state index contributed by atoms with van der Waals surface area (Å²) < 4.78 is 6.97. The summed E-state index contributed by atoms with van der Waals surface area (Å²) in [6.07, 6.45) is 4.99. The van der Waals surface area contributed by atoms with E-state index in [1.54, 1.807) is 59.7 Å². The minimum atomic E-state index is -0.345. The Hall–Kier alpha value is -2.57. The Kier molecular flexibility index (Phi) is 4.98. The van der Waals surface area contributed by atoms with Gasteiger partial charge in [0.15, 0.2) is 12.4 Å². The molecule has 0 aliphatic carbocycles. The van der Waals surface area contributed by atoms with Crippen LogP contribution in [-0.2, 0) is 4.79 Å². The summed E-state index contributed by atoms with van der Waals surface area (Å²) in [6.45, 7) is -0.200. The number of halogens is 2. The molecule has 3 aromatic rings. The van der Waals surface area contributed by atoms with Gasteiger partial charge in [-0.15, -0.1) is 0 Å². The molecule has 1 aromatic carbocycles. The molecule has 2 aromatic heterocycles. The lowest BCUT2D eigenvalue weighted by molar-refractivity contribution is -0.118. The number of amides is 1. The molecule has 0 saturated heterocycles. The Balaban J connectivity index is 1.67. The van der Waals surface area contributed by atoms with E-state index >= 15 is 0 Å². The third-order valence-electron chi connectivity index (χ3n) is 3.03. The van der Waals surface area contributed by atoms with Crippen LogP contribution in [0.2, 0.25) is 10.0 Å². The van der Waals surface area contributed by atoms with E-state index < -0.39 is 0 Å². The quantitative estimate of drug-likeness (QED) is 0.752. The molecular formula is C16H12Cl2N4O2. The second-order valence-electron chi connectivity index (χ2n) is 4.74. The van der Waals surface area contributed by atoms with Crippen LogP contribution < -0.4 is 10.1 Å². The van der Waals surface area contributed by atoms with Gasteiger partial charge in [0, 0.05) is 23.6 Å². The Morgan fingerprint density at radius 3 is 2.83 bits per heavy atom. The number of rotatable bonds is 5. The summed E-state index contributed by atoms with van der Waals surface area (Å²) in [5.74, 6) is 0.553. The maximum atomic E-state index is 12.1. The molecule has 3 rings (SSSR count). The first-order chi connectivity index (χ1) is 11.6. The second-order valence-corrected chi connectivity index (χ2v) is 5.58. The molecule has 0 unspecified atom stereocenters. The van der Waals surface area contributed by atoms with E-state index in [1.807, 2.05) is 0 Å². The smallest absolute Gasteiger partial charge is 0.262 e. The lowest BCUT2D eigenvalue weighted by Gasteiger charge is -2.11. The molecule has 0 aliphatic heterocycles. The molecule has 1 amide bonds. The Labute approximate surface area is 148 Å². The van der Waals surface area contributed by atoms with Gasteiger partial charge in [0.1, 0.15) is 5.75 Å². The summed E-state index contributed by atoms with van der Waals surface area (Å²) in [7, 11) is 0. The number of nitrogens with zero attached hydrogens (tertiary/aromatic N) is 3. The molecule has 24 heavy (non-hydrogen) atoms. The summed E-state index contributed by atoms with van der Waals surface area (Å²) in [4.78, 5) is 16.3. The van der Waals surface area contributed by atoms with E-state index in [9.17, 15) is 4.79 Å². The van der Waals surface area contributed by atoms with Crippen LogP contribution in [-0.4, -0.2) is 27.3 Å². The molecule has 1 N–H and O–H groups in total. The maximum absolute atomic E-state index is 12.1. The van der Waals surface area contributed by atoms with Crippen LogP contribution in [0.1, 0.15) is 0 Å². The zero-order chi connectivity index (χ0) is 16.9. The molecule has 2 heterocycles. The fraction of sp³-hybridized carbons (Fsp3) is 0.0625. The van der Waals surface area contributed by atoms with Crippen molar-refractivity contribution in [2.45, 2.75) is 0 Å². The third-order valence-corrected chi connectivity index (χ3v) is 3.57. The van der Waals surface area contributed by atoms with Crippen molar-refractivity contribution in [1.82, 2.24) is 14.8 Å². The average molecular weight is 363 g/mol. The zero-order valence-electron chi connectivity index (χ0n) is 12.3. The Morgan fingerprint density at radius 2 is 2.08 bits per heavy atom. The molecule has 122 valence electrons. The van der Waals surface area contributed by atoms with Crippen LogP contribution in [0.3, 0.4) is 0 Å². The van der Waals surface area contributed by atoms with Crippen molar-refractivity contribution in [3.63, 3.8) is 0 Å². The number of hydrogen-bond acceptors (Lipinski definition) is 4. The first kappa shape index (κ1) is 16.3. The monoisotopic (exact) mass is 362 g/mol. The lowest BCUT2D eigenvalue weighted by atomic mass is 10.3. The Bertz CT molecular complexity index is 853. The molecule has 0 saturated carbocycles. The van der Waals surface area contributed by atoms with E-state index in [-0.39, 0.29) is 12.5 Å².